The van der Waals surface area contributed by atoms with E-state index in [0.29, 0.717) is 67.8 Å². The summed E-state index contributed by atoms with van der Waals surface area (Å²) in [5.41, 5.74) is 1.01. The van der Waals surface area contributed by atoms with Gasteiger partial charge < -0.3 is 25.4 Å². The minimum absolute atomic E-state index is 0.0682. The number of hydrogen-bond acceptors (Lipinski definition) is 7. The van der Waals surface area contributed by atoms with Crippen molar-refractivity contribution in [3.05, 3.63) is 36.2 Å². The Bertz CT molecular complexity index is 1190. The van der Waals surface area contributed by atoms with E-state index in [0.717, 1.165) is 12.8 Å². The van der Waals surface area contributed by atoms with Crippen molar-refractivity contribution in [1.82, 2.24) is 24.8 Å². The Kier molecular flexibility index (Phi) is 6.62. The summed E-state index contributed by atoms with van der Waals surface area (Å²) in [6.07, 6.45) is -0.863. The molecule has 35 heavy (non-hydrogen) atoms. The van der Waals surface area contributed by atoms with Gasteiger partial charge in [0, 0.05) is 31.2 Å². The standard InChI is InChI=1S/C23H27F2N7O3/c24-20(25)21-28-16-3-1-2-4-17(16)32(21)19-13-18(29-22(30-19)31-9-11-35-12-10-31)26-14-5-7-15(8-6-14)27-23(33)34/h1-4,13-15,20,27H,5-12H2,(H,33,34)(H,26,29,30). The first-order valence-corrected chi connectivity index (χ1v) is 11.7. The molecule has 1 saturated heterocycles. The van der Waals surface area contributed by atoms with Crippen molar-refractivity contribution in [3.63, 3.8) is 0 Å². The number of benzene rings is 1. The molecule has 0 bridgehead atoms. The molecule has 12 heteroatoms. The molecular formula is C23H27F2N7O3. The number of amides is 1. The molecule has 3 heterocycles. The van der Waals surface area contributed by atoms with Gasteiger partial charge >= 0.3 is 6.09 Å². The number of rotatable bonds is 6. The first-order chi connectivity index (χ1) is 17.0. The second-order valence-electron chi connectivity index (χ2n) is 8.75. The molecule has 2 aliphatic rings. The normalized spacial score (nSPS) is 20.8. The van der Waals surface area contributed by atoms with Crippen LogP contribution in [0.2, 0.25) is 0 Å². The molecule has 10 nitrogen and oxygen atoms in total. The smallest absolute Gasteiger partial charge is 0.404 e. The van der Waals surface area contributed by atoms with Crippen LogP contribution >= 0.6 is 0 Å². The number of nitrogens with zero attached hydrogens (tertiary/aromatic N) is 5. The third kappa shape index (κ3) is 5.11. The minimum atomic E-state index is -2.78. The fourth-order valence-electron chi connectivity index (χ4n) is 4.71. The summed E-state index contributed by atoms with van der Waals surface area (Å²) in [7, 11) is 0. The van der Waals surface area contributed by atoms with Crippen molar-refractivity contribution in [2.45, 2.75) is 44.2 Å². The maximum atomic E-state index is 14.0. The third-order valence-electron chi connectivity index (χ3n) is 6.41. The molecule has 0 atom stereocenters. The van der Waals surface area contributed by atoms with E-state index in [-0.39, 0.29) is 17.9 Å². The van der Waals surface area contributed by atoms with Crippen molar-refractivity contribution in [3.8, 4) is 5.82 Å². The van der Waals surface area contributed by atoms with Crippen LogP contribution in [0.4, 0.5) is 25.3 Å². The summed E-state index contributed by atoms with van der Waals surface area (Å²) in [4.78, 5) is 26.4. The summed E-state index contributed by atoms with van der Waals surface area (Å²) in [6, 6.07) is 8.67. The molecule has 0 radical (unpaired) electrons. The van der Waals surface area contributed by atoms with E-state index in [4.69, 9.17) is 14.8 Å². The maximum absolute atomic E-state index is 14.0. The number of carbonyl (C=O) groups is 1. The van der Waals surface area contributed by atoms with Crippen molar-refractivity contribution < 1.29 is 23.4 Å². The lowest BCUT2D eigenvalue weighted by Gasteiger charge is -2.30. The van der Waals surface area contributed by atoms with Crippen LogP contribution in [0.15, 0.2) is 30.3 Å². The number of anilines is 2. The first-order valence-electron chi connectivity index (χ1n) is 11.7. The van der Waals surface area contributed by atoms with Gasteiger partial charge in [-0.1, -0.05) is 12.1 Å². The van der Waals surface area contributed by atoms with E-state index in [1.54, 1.807) is 30.3 Å². The Morgan fingerprint density at radius 3 is 2.49 bits per heavy atom. The summed E-state index contributed by atoms with van der Waals surface area (Å²) in [6.45, 7) is 2.27. The van der Waals surface area contributed by atoms with Gasteiger partial charge in [0.05, 0.1) is 24.2 Å². The van der Waals surface area contributed by atoms with Gasteiger partial charge in [-0.25, -0.2) is 18.6 Å². The Labute approximate surface area is 200 Å². The molecule has 1 aliphatic carbocycles. The van der Waals surface area contributed by atoms with E-state index in [1.807, 2.05) is 4.90 Å². The number of aromatic nitrogens is 4. The number of fused-ring (bicyclic) bond motifs is 1. The van der Waals surface area contributed by atoms with Crippen LogP contribution in [-0.2, 0) is 4.74 Å². The predicted molar refractivity (Wildman–Crippen MR) is 125 cm³/mol. The highest BCUT2D eigenvalue weighted by molar-refractivity contribution is 5.78. The molecule has 1 aliphatic heterocycles. The Hall–Kier alpha value is -3.54. The molecule has 3 aromatic rings. The van der Waals surface area contributed by atoms with Gasteiger partial charge in [0.1, 0.15) is 11.6 Å². The zero-order valence-electron chi connectivity index (χ0n) is 19.0. The van der Waals surface area contributed by atoms with Crippen LogP contribution in [0.5, 0.6) is 0 Å². The third-order valence-corrected chi connectivity index (χ3v) is 6.41. The number of imidazole rings is 1. The Balaban J connectivity index is 1.49. The van der Waals surface area contributed by atoms with Gasteiger partial charge in [0.15, 0.2) is 5.82 Å². The summed E-state index contributed by atoms with van der Waals surface area (Å²) in [5, 5.41) is 14.9. The highest BCUT2D eigenvalue weighted by Crippen LogP contribution is 2.30. The van der Waals surface area contributed by atoms with E-state index in [9.17, 15) is 13.6 Å². The first kappa shape index (κ1) is 23.2. The molecule has 1 amide bonds. The van der Waals surface area contributed by atoms with E-state index < -0.39 is 12.5 Å². The average Bonchev–Trinajstić information content (AvgIpc) is 3.25. The number of halogens is 2. The molecular weight excluding hydrogens is 460 g/mol. The zero-order valence-corrected chi connectivity index (χ0v) is 19.0. The lowest BCUT2D eigenvalue weighted by Crippen LogP contribution is -2.39. The SMILES string of the molecule is O=C(O)NC1CCC(Nc2cc(-n3c(C(F)F)nc4ccccc43)nc(N3CCOCC3)n2)CC1. The van der Waals surface area contributed by atoms with Crippen LogP contribution in [0.1, 0.15) is 37.9 Å². The molecule has 3 N–H and O–H groups in total. The molecule has 2 fully saturated rings. The number of alkyl halides is 2. The topological polar surface area (TPSA) is 117 Å². The highest BCUT2D eigenvalue weighted by Gasteiger charge is 2.26. The van der Waals surface area contributed by atoms with Gasteiger partial charge in [0.25, 0.3) is 6.43 Å². The molecule has 1 aromatic carbocycles. The Morgan fingerprint density at radius 1 is 1.06 bits per heavy atom. The number of para-hydroxylation sites is 2. The Morgan fingerprint density at radius 2 is 1.77 bits per heavy atom. The van der Waals surface area contributed by atoms with Crippen LogP contribution in [0.25, 0.3) is 16.9 Å². The van der Waals surface area contributed by atoms with Gasteiger partial charge in [-0.2, -0.15) is 9.97 Å². The van der Waals surface area contributed by atoms with Crippen molar-refractivity contribution in [2.75, 3.05) is 36.5 Å². The van der Waals surface area contributed by atoms with Crippen LogP contribution < -0.4 is 15.5 Å². The van der Waals surface area contributed by atoms with Gasteiger partial charge in [-0.05, 0) is 37.8 Å². The van der Waals surface area contributed by atoms with E-state index >= 15 is 0 Å². The second kappa shape index (κ2) is 9.98. The number of hydrogen-bond donors (Lipinski definition) is 3. The van der Waals surface area contributed by atoms with Crippen LogP contribution in [0.3, 0.4) is 0 Å². The molecule has 0 spiro atoms. The number of morpholine rings is 1. The highest BCUT2D eigenvalue weighted by atomic mass is 19.3. The lowest BCUT2D eigenvalue weighted by atomic mass is 9.91. The lowest BCUT2D eigenvalue weighted by molar-refractivity contribution is 0.122. The van der Waals surface area contributed by atoms with Crippen LogP contribution in [0, 0.1) is 0 Å². The average molecular weight is 488 g/mol. The predicted octanol–water partition coefficient (Wildman–Crippen LogP) is 3.58. The zero-order chi connectivity index (χ0) is 24.4. The molecule has 0 unspecified atom stereocenters. The number of nitrogens with one attached hydrogen (secondary N) is 2. The fourth-order valence-corrected chi connectivity index (χ4v) is 4.71. The summed E-state index contributed by atoms with van der Waals surface area (Å²) in [5.74, 6) is 0.912. The fraction of sp³-hybridized carbons (Fsp3) is 0.478. The van der Waals surface area contributed by atoms with Crippen molar-refractivity contribution in [2.24, 2.45) is 0 Å². The maximum Gasteiger partial charge on any atom is 0.404 e. The van der Waals surface area contributed by atoms with Gasteiger partial charge in [-0.3, -0.25) is 4.57 Å². The molecule has 5 rings (SSSR count). The molecule has 2 aromatic heterocycles. The van der Waals surface area contributed by atoms with E-state index in [2.05, 4.69) is 20.6 Å². The molecule has 186 valence electrons. The van der Waals surface area contributed by atoms with E-state index in [1.165, 1.54) is 4.57 Å². The minimum Gasteiger partial charge on any atom is -0.465 e. The summed E-state index contributed by atoms with van der Waals surface area (Å²) < 4.78 is 34.8. The van der Waals surface area contributed by atoms with Crippen LogP contribution in [-0.4, -0.2) is 69.1 Å². The van der Waals surface area contributed by atoms with Gasteiger partial charge in [-0.15, -0.1) is 0 Å². The van der Waals surface area contributed by atoms with Crippen molar-refractivity contribution in [1.29, 1.82) is 0 Å². The summed E-state index contributed by atoms with van der Waals surface area (Å²) >= 11 is 0. The molecule has 1 saturated carbocycles. The largest absolute Gasteiger partial charge is 0.465 e. The quantitative estimate of drug-likeness (QED) is 0.483. The van der Waals surface area contributed by atoms with Crippen molar-refractivity contribution >= 4 is 28.9 Å². The second-order valence-corrected chi connectivity index (χ2v) is 8.75. The number of carboxylic acid groups (broad SMARTS) is 1. The number of ether oxygens (including phenoxy) is 1. The monoisotopic (exact) mass is 487 g/mol. The van der Waals surface area contributed by atoms with Gasteiger partial charge in [0.2, 0.25) is 5.95 Å².